The van der Waals surface area contributed by atoms with Gasteiger partial charge in [-0.2, -0.15) is 0 Å². The molecule has 1 aliphatic heterocycles. The first-order valence-corrected chi connectivity index (χ1v) is 4.42. The number of nitrogens with two attached hydrogens (primary N) is 1. The molecule has 15 heavy (non-hydrogen) atoms. The quantitative estimate of drug-likeness (QED) is 0.420. The molecule has 0 unspecified atom stereocenters. The van der Waals surface area contributed by atoms with E-state index in [2.05, 4.69) is 0 Å². The fourth-order valence-electron chi connectivity index (χ4n) is 1.56. The Kier molecular flexibility index (Phi) is 3.31. The lowest BCUT2D eigenvalue weighted by atomic mass is 9.82. The predicted molar refractivity (Wildman–Crippen MR) is 47.9 cm³/mol. The van der Waals surface area contributed by atoms with Crippen molar-refractivity contribution in [1.29, 1.82) is 0 Å². The molecule has 1 rings (SSSR count). The lowest BCUT2D eigenvalue weighted by Gasteiger charge is -2.45. The van der Waals surface area contributed by atoms with Gasteiger partial charge in [0.15, 0.2) is 11.8 Å². The molecule has 0 saturated carbocycles. The standard InChI is InChI=1S/C8H15NO6/c1-3-8(9,7(12)13)5(11)4(10)6(14-2)15-3/h3-6,10-11H,9H2,1-2H3,(H,12,13)/t3-,4+,5-,6+,8+/m0/s1. The first-order valence-electron chi connectivity index (χ1n) is 4.42. The molecule has 1 fully saturated rings. The van der Waals surface area contributed by atoms with Gasteiger partial charge in [0.25, 0.3) is 0 Å². The van der Waals surface area contributed by atoms with Crippen molar-refractivity contribution in [3.63, 3.8) is 0 Å². The van der Waals surface area contributed by atoms with Crippen LogP contribution in [0.3, 0.4) is 0 Å². The van der Waals surface area contributed by atoms with Gasteiger partial charge in [-0.25, -0.2) is 0 Å². The fourth-order valence-corrected chi connectivity index (χ4v) is 1.56. The van der Waals surface area contributed by atoms with Crippen LogP contribution in [0.15, 0.2) is 0 Å². The zero-order valence-corrected chi connectivity index (χ0v) is 8.45. The first kappa shape index (κ1) is 12.3. The van der Waals surface area contributed by atoms with Crippen molar-refractivity contribution in [2.75, 3.05) is 7.11 Å². The Morgan fingerprint density at radius 1 is 1.53 bits per heavy atom. The topological polar surface area (TPSA) is 122 Å². The van der Waals surface area contributed by atoms with E-state index in [-0.39, 0.29) is 0 Å². The summed E-state index contributed by atoms with van der Waals surface area (Å²) in [5.41, 5.74) is 3.47. The highest BCUT2D eigenvalue weighted by Gasteiger charge is 2.56. The van der Waals surface area contributed by atoms with E-state index in [1.807, 2.05) is 0 Å². The zero-order valence-electron chi connectivity index (χ0n) is 8.45. The summed E-state index contributed by atoms with van der Waals surface area (Å²) in [4.78, 5) is 10.9. The van der Waals surface area contributed by atoms with Gasteiger partial charge in [-0.3, -0.25) is 4.79 Å². The van der Waals surface area contributed by atoms with Crippen molar-refractivity contribution in [2.24, 2.45) is 5.73 Å². The molecular formula is C8H15NO6. The van der Waals surface area contributed by atoms with E-state index in [9.17, 15) is 15.0 Å². The number of aliphatic hydroxyl groups is 2. The number of rotatable bonds is 2. The molecule has 1 saturated heterocycles. The van der Waals surface area contributed by atoms with Crippen LogP contribution in [0.5, 0.6) is 0 Å². The normalized spacial score (nSPS) is 46.5. The highest BCUT2D eigenvalue weighted by atomic mass is 16.7. The summed E-state index contributed by atoms with van der Waals surface area (Å²) >= 11 is 0. The number of carboxylic acid groups (broad SMARTS) is 1. The van der Waals surface area contributed by atoms with Crippen molar-refractivity contribution in [2.45, 2.75) is 37.1 Å². The molecule has 5 atom stereocenters. The number of carboxylic acids is 1. The second-order valence-corrected chi connectivity index (χ2v) is 3.56. The average Bonchev–Trinajstić information content (AvgIpc) is 2.20. The lowest BCUT2D eigenvalue weighted by molar-refractivity contribution is -0.278. The number of aliphatic carboxylic acids is 1. The second kappa shape index (κ2) is 4.03. The number of aliphatic hydroxyl groups excluding tert-OH is 2. The molecule has 88 valence electrons. The average molecular weight is 221 g/mol. The molecule has 5 N–H and O–H groups in total. The molecule has 1 heterocycles. The maximum absolute atomic E-state index is 10.9. The molecule has 7 heteroatoms. The zero-order chi connectivity index (χ0) is 11.8. The van der Waals surface area contributed by atoms with Crippen LogP contribution in [0.2, 0.25) is 0 Å². The monoisotopic (exact) mass is 221 g/mol. The Bertz CT molecular complexity index is 260. The number of ether oxygens (including phenoxy) is 2. The maximum atomic E-state index is 10.9. The first-order chi connectivity index (χ1) is 6.85. The van der Waals surface area contributed by atoms with E-state index in [0.29, 0.717) is 0 Å². The van der Waals surface area contributed by atoms with Gasteiger partial charge >= 0.3 is 5.97 Å². The van der Waals surface area contributed by atoms with Crippen LogP contribution in [-0.2, 0) is 14.3 Å². The highest BCUT2D eigenvalue weighted by Crippen LogP contribution is 2.28. The van der Waals surface area contributed by atoms with Crippen LogP contribution in [-0.4, -0.2) is 58.5 Å². The van der Waals surface area contributed by atoms with Crippen LogP contribution < -0.4 is 5.73 Å². The van der Waals surface area contributed by atoms with Crippen molar-refractivity contribution >= 4 is 5.97 Å². The van der Waals surface area contributed by atoms with E-state index >= 15 is 0 Å². The second-order valence-electron chi connectivity index (χ2n) is 3.56. The molecule has 1 aliphatic rings. The number of carbonyl (C=O) groups is 1. The Balaban J connectivity index is 2.98. The van der Waals surface area contributed by atoms with Gasteiger partial charge in [0, 0.05) is 7.11 Å². The van der Waals surface area contributed by atoms with Crippen LogP contribution in [0.4, 0.5) is 0 Å². The van der Waals surface area contributed by atoms with Crippen LogP contribution >= 0.6 is 0 Å². The molecule has 0 aromatic rings. The van der Waals surface area contributed by atoms with Crippen molar-refractivity contribution < 1.29 is 29.6 Å². The van der Waals surface area contributed by atoms with Crippen molar-refractivity contribution in [3.05, 3.63) is 0 Å². The van der Waals surface area contributed by atoms with Crippen molar-refractivity contribution in [3.8, 4) is 0 Å². The van der Waals surface area contributed by atoms with Crippen LogP contribution in [0, 0.1) is 0 Å². The summed E-state index contributed by atoms with van der Waals surface area (Å²) < 4.78 is 9.79. The summed E-state index contributed by atoms with van der Waals surface area (Å²) in [5, 5.41) is 28.0. The van der Waals surface area contributed by atoms with Crippen LogP contribution in [0.1, 0.15) is 6.92 Å². The van der Waals surface area contributed by atoms with E-state index in [1.54, 1.807) is 0 Å². The predicted octanol–water partition coefficient (Wildman–Crippen LogP) is -2.12. The number of methoxy groups -OCH3 is 1. The third-order valence-corrected chi connectivity index (χ3v) is 2.71. The molecule has 0 radical (unpaired) electrons. The summed E-state index contributed by atoms with van der Waals surface area (Å²) in [7, 11) is 1.28. The minimum atomic E-state index is -2.03. The summed E-state index contributed by atoms with van der Waals surface area (Å²) in [6, 6.07) is 0. The number of hydrogen-bond acceptors (Lipinski definition) is 6. The van der Waals surface area contributed by atoms with Gasteiger partial charge in [-0.15, -0.1) is 0 Å². The molecule has 0 spiro atoms. The van der Waals surface area contributed by atoms with E-state index in [4.69, 9.17) is 20.3 Å². The van der Waals surface area contributed by atoms with E-state index < -0.39 is 36.1 Å². The van der Waals surface area contributed by atoms with Gasteiger partial charge in [0.2, 0.25) is 0 Å². The fraction of sp³-hybridized carbons (Fsp3) is 0.875. The Morgan fingerprint density at radius 2 is 2.07 bits per heavy atom. The van der Waals surface area contributed by atoms with Gasteiger partial charge in [0.05, 0.1) is 6.10 Å². The Labute approximate surface area is 86.4 Å². The van der Waals surface area contributed by atoms with Gasteiger partial charge < -0.3 is 30.5 Å². The SMILES string of the molecule is CO[C@@H]1O[C@@H](C)[C@](N)(C(=O)O)[C@@H](O)[C@H]1O. The summed E-state index contributed by atoms with van der Waals surface area (Å²) in [5.74, 6) is -1.43. The van der Waals surface area contributed by atoms with E-state index in [1.165, 1.54) is 14.0 Å². The largest absolute Gasteiger partial charge is 0.480 e. The minimum Gasteiger partial charge on any atom is -0.480 e. The molecule has 7 nitrogen and oxygen atoms in total. The third kappa shape index (κ3) is 1.72. The Morgan fingerprint density at radius 3 is 2.47 bits per heavy atom. The molecular weight excluding hydrogens is 206 g/mol. The molecule has 0 aromatic carbocycles. The van der Waals surface area contributed by atoms with Gasteiger partial charge in [-0.05, 0) is 6.92 Å². The summed E-state index contributed by atoms with van der Waals surface area (Å²) in [6.45, 7) is 1.40. The molecule has 0 bridgehead atoms. The smallest absolute Gasteiger partial charge is 0.329 e. The Hall–Kier alpha value is -0.730. The molecule has 0 aromatic heterocycles. The van der Waals surface area contributed by atoms with Crippen LogP contribution in [0.25, 0.3) is 0 Å². The van der Waals surface area contributed by atoms with Gasteiger partial charge in [0.1, 0.15) is 12.2 Å². The van der Waals surface area contributed by atoms with Crippen molar-refractivity contribution in [1.82, 2.24) is 0 Å². The van der Waals surface area contributed by atoms with E-state index in [0.717, 1.165) is 0 Å². The summed E-state index contributed by atoms with van der Waals surface area (Å²) in [6.07, 6.45) is -5.19. The molecule has 0 amide bonds. The highest BCUT2D eigenvalue weighted by molar-refractivity contribution is 5.80. The molecule has 0 aliphatic carbocycles. The van der Waals surface area contributed by atoms with Gasteiger partial charge in [-0.1, -0.05) is 0 Å². The maximum Gasteiger partial charge on any atom is 0.329 e. The lowest BCUT2D eigenvalue weighted by Crippen LogP contribution is -2.73. The minimum absolute atomic E-state index is 0.974. The number of hydrogen-bond donors (Lipinski definition) is 4. The third-order valence-electron chi connectivity index (χ3n) is 2.71.